The summed E-state index contributed by atoms with van der Waals surface area (Å²) >= 11 is 4.57. The SMILES string of the molecule is Fc1ccc(C=S)cn1. The Labute approximate surface area is 57.5 Å². The molecule has 9 heavy (non-hydrogen) atoms. The lowest BCUT2D eigenvalue weighted by atomic mass is 10.3. The molecule has 3 heteroatoms. The van der Waals surface area contributed by atoms with Gasteiger partial charge in [0, 0.05) is 17.1 Å². The highest BCUT2D eigenvalue weighted by Gasteiger charge is 1.87. The molecule has 1 nitrogen and oxygen atoms in total. The van der Waals surface area contributed by atoms with Crippen LogP contribution in [-0.4, -0.2) is 10.4 Å². The molecule has 1 rings (SSSR count). The molecule has 0 N–H and O–H groups in total. The number of hydrogen-bond acceptors (Lipinski definition) is 2. The molecule has 0 unspecified atom stereocenters. The summed E-state index contributed by atoms with van der Waals surface area (Å²) in [6.45, 7) is 0. The van der Waals surface area contributed by atoms with Crippen LogP contribution in [0, 0.1) is 5.95 Å². The van der Waals surface area contributed by atoms with Crippen molar-refractivity contribution in [3.05, 3.63) is 29.8 Å². The zero-order chi connectivity index (χ0) is 6.69. The van der Waals surface area contributed by atoms with E-state index in [1.165, 1.54) is 17.6 Å². The molecule has 0 saturated heterocycles. The normalized spacial score (nSPS) is 9.00. The molecule has 0 aliphatic rings. The summed E-state index contributed by atoms with van der Waals surface area (Å²) in [6.07, 6.45) is 1.39. The Hall–Kier alpha value is -0.830. The Morgan fingerprint density at radius 1 is 1.56 bits per heavy atom. The number of pyridine rings is 1. The van der Waals surface area contributed by atoms with Crippen LogP contribution in [0.2, 0.25) is 0 Å². The topological polar surface area (TPSA) is 12.9 Å². The summed E-state index contributed by atoms with van der Waals surface area (Å²) in [6, 6.07) is 2.85. The minimum absolute atomic E-state index is 0.476. The average Bonchev–Trinajstić information content (AvgIpc) is 1.90. The van der Waals surface area contributed by atoms with Crippen LogP contribution in [0.1, 0.15) is 5.56 Å². The van der Waals surface area contributed by atoms with Gasteiger partial charge in [-0.15, -0.1) is 0 Å². The second-order valence-corrected chi connectivity index (χ2v) is 1.77. The summed E-state index contributed by atoms with van der Waals surface area (Å²) in [7, 11) is 0. The predicted octanol–water partition coefficient (Wildman–Crippen LogP) is 1.57. The van der Waals surface area contributed by atoms with Crippen molar-refractivity contribution in [1.29, 1.82) is 0 Å². The largest absolute Gasteiger partial charge is 0.228 e. The van der Waals surface area contributed by atoms with Gasteiger partial charge in [0.25, 0.3) is 0 Å². The van der Waals surface area contributed by atoms with Crippen molar-refractivity contribution in [3.63, 3.8) is 0 Å². The highest BCUT2D eigenvalue weighted by molar-refractivity contribution is 7.79. The number of thiocarbonyl (C=S) groups is 1. The molecule has 0 fully saturated rings. The first-order valence-corrected chi connectivity index (χ1v) is 2.87. The Kier molecular flexibility index (Phi) is 1.85. The minimum Gasteiger partial charge on any atom is -0.228 e. The van der Waals surface area contributed by atoms with Gasteiger partial charge in [0.15, 0.2) is 0 Å². The average molecular weight is 141 g/mol. The summed E-state index contributed by atoms with van der Waals surface area (Å²) in [5.41, 5.74) is 0.756. The number of aromatic nitrogens is 1. The molecule has 0 amide bonds. The molecule has 0 aliphatic carbocycles. The lowest BCUT2D eigenvalue weighted by Gasteiger charge is -1.87. The Bertz CT molecular complexity index is 207. The van der Waals surface area contributed by atoms with Crippen molar-refractivity contribution in [1.82, 2.24) is 4.98 Å². The number of hydrogen-bond donors (Lipinski definition) is 0. The lowest BCUT2D eigenvalue weighted by molar-refractivity contribution is 0.583. The van der Waals surface area contributed by atoms with Crippen molar-refractivity contribution in [2.24, 2.45) is 0 Å². The van der Waals surface area contributed by atoms with Gasteiger partial charge >= 0.3 is 0 Å². The van der Waals surface area contributed by atoms with E-state index in [-0.39, 0.29) is 0 Å². The molecule has 0 atom stereocenters. The molecule has 0 aliphatic heterocycles. The first-order valence-electron chi connectivity index (χ1n) is 2.39. The van der Waals surface area contributed by atoms with E-state index in [2.05, 4.69) is 17.2 Å². The quantitative estimate of drug-likeness (QED) is 0.435. The fourth-order valence-corrected chi connectivity index (χ4v) is 0.596. The van der Waals surface area contributed by atoms with Crippen molar-refractivity contribution >= 4 is 17.6 Å². The first kappa shape index (κ1) is 6.29. The van der Waals surface area contributed by atoms with Gasteiger partial charge in [-0.1, -0.05) is 12.2 Å². The van der Waals surface area contributed by atoms with Crippen LogP contribution >= 0.6 is 12.2 Å². The van der Waals surface area contributed by atoms with E-state index < -0.39 is 5.95 Å². The van der Waals surface area contributed by atoms with Crippen molar-refractivity contribution in [3.8, 4) is 0 Å². The maximum atomic E-state index is 12.1. The third-order valence-electron chi connectivity index (χ3n) is 0.886. The summed E-state index contributed by atoms with van der Waals surface area (Å²) in [5, 5.41) is 1.45. The second kappa shape index (κ2) is 2.64. The van der Waals surface area contributed by atoms with Crippen LogP contribution in [0.4, 0.5) is 4.39 Å². The number of nitrogens with zero attached hydrogens (tertiary/aromatic N) is 1. The fourth-order valence-electron chi connectivity index (χ4n) is 0.457. The van der Waals surface area contributed by atoms with Gasteiger partial charge in [0.2, 0.25) is 5.95 Å². The van der Waals surface area contributed by atoms with Crippen molar-refractivity contribution < 1.29 is 4.39 Å². The molecule has 0 bridgehead atoms. The molecule has 1 heterocycles. The zero-order valence-electron chi connectivity index (χ0n) is 4.54. The van der Waals surface area contributed by atoms with E-state index in [4.69, 9.17) is 0 Å². The summed E-state index contributed by atoms with van der Waals surface area (Å²) < 4.78 is 12.1. The third-order valence-corrected chi connectivity index (χ3v) is 1.16. The van der Waals surface area contributed by atoms with Crippen LogP contribution in [0.15, 0.2) is 18.3 Å². The van der Waals surface area contributed by atoms with Crippen LogP contribution in [0.3, 0.4) is 0 Å². The summed E-state index contributed by atoms with van der Waals surface area (Å²) in [5.74, 6) is -0.476. The monoisotopic (exact) mass is 141 g/mol. The lowest BCUT2D eigenvalue weighted by Crippen LogP contribution is -1.83. The van der Waals surface area contributed by atoms with Crippen molar-refractivity contribution in [2.75, 3.05) is 0 Å². The van der Waals surface area contributed by atoms with Gasteiger partial charge in [0.05, 0.1) is 0 Å². The van der Waals surface area contributed by atoms with Crippen LogP contribution in [0.5, 0.6) is 0 Å². The van der Waals surface area contributed by atoms with Crippen LogP contribution in [-0.2, 0) is 0 Å². The van der Waals surface area contributed by atoms with Gasteiger partial charge in [-0.2, -0.15) is 4.39 Å². The van der Waals surface area contributed by atoms with E-state index in [9.17, 15) is 4.39 Å². The zero-order valence-corrected chi connectivity index (χ0v) is 5.36. The Morgan fingerprint density at radius 3 is 2.78 bits per heavy atom. The van der Waals surface area contributed by atoms with E-state index in [0.29, 0.717) is 0 Å². The molecular weight excluding hydrogens is 137 g/mol. The maximum absolute atomic E-state index is 12.1. The molecule has 0 spiro atoms. The third kappa shape index (κ3) is 1.54. The predicted molar refractivity (Wildman–Crippen MR) is 37.0 cm³/mol. The van der Waals surface area contributed by atoms with Gasteiger partial charge in [0.1, 0.15) is 0 Å². The molecule has 0 radical (unpaired) electrons. The molecule has 0 aromatic carbocycles. The second-order valence-electron chi connectivity index (χ2n) is 1.53. The van der Waals surface area contributed by atoms with Gasteiger partial charge in [-0.25, -0.2) is 4.98 Å². The Morgan fingerprint density at radius 2 is 2.33 bits per heavy atom. The Balaban J connectivity index is 3.01. The molecule has 1 aromatic heterocycles. The van der Waals surface area contributed by atoms with Crippen molar-refractivity contribution in [2.45, 2.75) is 0 Å². The molecular formula is C6H4FNS. The molecule has 0 saturated carbocycles. The smallest absolute Gasteiger partial charge is 0.212 e. The van der Waals surface area contributed by atoms with Gasteiger partial charge in [-0.05, 0) is 12.1 Å². The summed E-state index contributed by atoms with van der Waals surface area (Å²) in [4.78, 5) is 3.39. The van der Waals surface area contributed by atoms with E-state index >= 15 is 0 Å². The van der Waals surface area contributed by atoms with Crippen LogP contribution in [0.25, 0.3) is 0 Å². The maximum Gasteiger partial charge on any atom is 0.212 e. The highest BCUT2D eigenvalue weighted by atomic mass is 32.1. The minimum atomic E-state index is -0.476. The van der Waals surface area contributed by atoms with E-state index in [1.54, 1.807) is 6.07 Å². The van der Waals surface area contributed by atoms with Gasteiger partial charge < -0.3 is 0 Å². The van der Waals surface area contributed by atoms with E-state index in [1.807, 2.05) is 0 Å². The van der Waals surface area contributed by atoms with Crippen LogP contribution < -0.4 is 0 Å². The molecule has 1 aromatic rings. The standard InChI is InChI=1S/C6H4FNS/c7-6-2-1-5(4-9)3-8-6/h1-4H. The van der Waals surface area contributed by atoms with Gasteiger partial charge in [-0.3, -0.25) is 0 Å². The van der Waals surface area contributed by atoms with E-state index in [0.717, 1.165) is 5.56 Å². The first-order chi connectivity index (χ1) is 4.33. The fraction of sp³-hybridized carbons (Fsp3) is 0. The number of halogens is 1. The number of rotatable bonds is 1. The highest BCUT2D eigenvalue weighted by Crippen LogP contribution is 1.94. The molecule has 46 valence electrons.